The van der Waals surface area contributed by atoms with Gasteiger partial charge >= 0.3 is 0 Å². The first-order chi connectivity index (χ1) is 9.14. The molecule has 0 amide bonds. The van der Waals surface area contributed by atoms with Gasteiger partial charge in [-0.2, -0.15) is 0 Å². The minimum Gasteiger partial charge on any atom is -0.469 e. The van der Waals surface area contributed by atoms with E-state index in [4.69, 9.17) is 4.42 Å². The maximum absolute atomic E-state index is 5.50. The molecule has 19 heavy (non-hydrogen) atoms. The maximum atomic E-state index is 5.50. The van der Waals surface area contributed by atoms with E-state index < -0.39 is 0 Å². The fourth-order valence-electron chi connectivity index (χ4n) is 2.53. The number of hydrogen-bond acceptors (Lipinski definition) is 2. The van der Waals surface area contributed by atoms with Crippen LogP contribution in [0.1, 0.15) is 32.1 Å². The monoisotopic (exact) mass is 257 g/mol. The van der Waals surface area contributed by atoms with E-state index in [-0.39, 0.29) is 5.41 Å². The lowest BCUT2D eigenvalue weighted by atomic mass is 9.76. The van der Waals surface area contributed by atoms with Gasteiger partial charge in [0.15, 0.2) is 0 Å². The summed E-state index contributed by atoms with van der Waals surface area (Å²) in [6.45, 7) is 7.69. The zero-order chi connectivity index (χ0) is 13.7. The lowest BCUT2D eigenvalue weighted by molar-refractivity contribution is 0.323. The minimum atomic E-state index is 0.0596. The summed E-state index contributed by atoms with van der Waals surface area (Å²) in [5.41, 5.74) is 1.41. The van der Waals surface area contributed by atoms with Crippen molar-refractivity contribution in [3.05, 3.63) is 60.1 Å². The molecule has 0 saturated heterocycles. The molecule has 1 aromatic carbocycles. The van der Waals surface area contributed by atoms with Crippen LogP contribution in [0.15, 0.2) is 53.1 Å². The molecule has 0 bridgehead atoms. The van der Waals surface area contributed by atoms with Gasteiger partial charge in [-0.25, -0.2) is 0 Å². The Morgan fingerprint density at radius 1 is 1.11 bits per heavy atom. The predicted octanol–water partition coefficient (Wildman–Crippen LogP) is 3.78. The third-order valence-corrected chi connectivity index (χ3v) is 3.82. The number of nitrogens with one attached hydrogen (secondary N) is 1. The molecular weight excluding hydrogens is 234 g/mol. The molecular formula is C17H23NO. The van der Waals surface area contributed by atoms with Crippen LogP contribution in [0.4, 0.5) is 0 Å². The molecule has 2 rings (SSSR count). The van der Waals surface area contributed by atoms with Crippen molar-refractivity contribution < 1.29 is 4.42 Å². The normalized spacial score (nSPS) is 13.4. The number of benzene rings is 1. The van der Waals surface area contributed by atoms with Gasteiger partial charge in [-0.3, -0.25) is 0 Å². The summed E-state index contributed by atoms with van der Waals surface area (Å²) >= 11 is 0. The summed E-state index contributed by atoms with van der Waals surface area (Å²) < 4.78 is 5.50. The summed E-state index contributed by atoms with van der Waals surface area (Å²) in [6, 6.07) is 15.0. The molecule has 2 aromatic rings. The van der Waals surface area contributed by atoms with Gasteiger partial charge in [0.05, 0.1) is 6.26 Å². The number of rotatable bonds is 6. The van der Waals surface area contributed by atoms with Crippen LogP contribution < -0.4 is 5.32 Å². The largest absolute Gasteiger partial charge is 0.469 e. The van der Waals surface area contributed by atoms with Crippen LogP contribution >= 0.6 is 0 Å². The van der Waals surface area contributed by atoms with E-state index in [2.05, 4.69) is 56.4 Å². The zero-order valence-corrected chi connectivity index (χ0v) is 12.0. The molecule has 1 N–H and O–H groups in total. The molecule has 0 aliphatic rings. The van der Waals surface area contributed by atoms with Crippen molar-refractivity contribution in [3.63, 3.8) is 0 Å². The standard InChI is InChI=1S/C17H23NO/c1-4-18-16(13-15-11-8-12-19-15)17(2,3)14-9-6-5-7-10-14/h5-12,16,18H,4,13H2,1-3H3. The zero-order valence-electron chi connectivity index (χ0n) is 12.0. The van der Waals surface area contributed by atoms with Crippen LogP contribution in [0.5, 0.6) is 0 Å². The second-order valence-electron chi connectivity index (χ2n) is 5.48. The minimum absolute atomic E-state index is 0.0596. The van der Waals surface area contributed by atoms with E-state index in [0.29, 0.717) is 6.04 Å². The van der Waals surface area contributed by atoms with E-state index in [9.17, 15) is 0 Å². The Bertz CT molecular complexity index is 473. The highest BCUT2D eigenvalue weighted by molar-refractivity contribution is 5.26. The van der Waals surface area contributed by atoms with Gasteiger partial charge in [0, 0.05) is 17.9 Å². The Balaban J connectivity index is 2.22. The average Bonchev–Trinajstić information content (AvgIpc) is 2.92. The van der Waals surface area contributed by atoms with Crippen molar-refractivity contribution >= 4 is 0 Å². The van der Waals surface area contributed by atoms with Crippen molar-refractivity contribution in [2.45, 2.75) is 38.6 Å². The van der Waals surface area contributed by atoms with E-state index >= 15 is 0 Å². The Morgan fingerprint density at radius 2 is 1.84 bits per heavy atom. The molecule has 2 nitrogen and oxygen atoms in total. The van der Waals surface area contributed by atoms with Gasteiger partial charge < -0.3 is 9.73 Å². The Labute approximate surface area is 115 Å². The van der Waals surface area contributed by atoms with Crippen molar-refractivity contribution in [2.75, 3.05) is 6.54 Å². The van der Waals surface area contributed by atoms with E-state index in [1.807, 2.05) is 12.1 Å². The van der Waals surface area contributed by atoms with Gasteiger partial charge in [-0.1, -0.05) is 51.1 Å². The van der Waals surface area contributed by atoms with Crippen LogP contribution in [0.3, 0.4) is 0 Å². The van der Waals surface area contributed by atoms with Crippen molar-refractivity contribution in [1.82, 2.24) is 5.32 Å². The van der Waals surface area contributed by atoms with Gasteiger partial charge in [-0.15, -0.1) is 0 Å². The van der Waals surface area contributed by atoms with E-state index in [1.165, 1.54) is 5.56 Å². The van der Waals surface area contributed by atoms with Gasteiger partial charge in [0.2, 0.25) is 0 Å². The summed E-state index contributed by atoms with van der Waals surface area (Å²) in [7, 11) is 0. The van der Waals surface area contributed by atoms with Gasteiger partial charge in [0.1, 0.15) is 5.76 Å². The van der Waals surface area contributed by atoms with E-state index in [1.54, 1.807) is 6.26 Å². The molecule has 0 fully saturated rings. The summed E-state index contributed by atoms with van der Waals surface area (Å²) in [5, 5.41) is 3.60. The summed E-state index contributed by atoms with van der Waals surface area (Å²) in [5.74, 6) is 1.04. The van der Waals surface area contributed by atoms with Crippen LogP contribution in [-0.2, 0) is 11.8 Å². The second-order valence-corrected chi connectivity index (χ2v) is 5.48. The molecule has 0 radical (unpaired) electrons. The third-order valence-electron chi connectivity index (χ3n) is 3.82. The second kappa shape index (κ2) is 6.07. The number of likely N-dealkylation sites (N-methyl/N-ethyl adjacent to an activating group) is 1. The molecule has 0 aliphatic carbocycles. The summed E-state index contributed by atoms with van der Waals surface area (Å²) in [6.07, 6.45) is 2.65. The molecule has 102 valence electrons. The Morgan fingerprint density at radius 3 is 2.42 bits per heavy atom. The highest BCUT2D eigenvalue weighted by Gasteiger charge is 2.31. The molecule has 1 atom stereocenters. The Kier molecular flexibility index (Phi) is 4.43. The maximum Gasteiger partial charge on any atom is 0.105 e. The fraction of sp³-hybridized carbons (Fsp3) is 0.412. The summed E-state index contributed by atoms with van der Waals surface area (Å²) in [4.78, 5) is 0. The predicted molar refractivity (Wildman–Crippen MR) is 79.3 cm³/mol. The molecule has 0 spiro atoms. The van der Waals surface area contributed by atoms with Crippen LogP contribution in [0, 0.1) is 0 Å². The van der Waals surface area contributed by atoms with Crippen LogP contribution in [-0.4, -0.2) is 12.6 Å². The van der Waals surface area contributed by atoms with Crippen LogP contribution in [0.2, 0.25) is 0 Å². The smallest absolute Gasteiger partial charge is 0.105 e. The average molecular weight is 257 g/mol. The van der Waals surface area contributed by atoms with Gasteiger partial charge in [-0.05, 0) is 24.2 Å². The lowest BCUT2D eigenvalue weighted by Gasteiger charge is -2.35. The first kappa shape index (κ1) is 13.9. The first-order valence-corrected chi connectivity index (χ1v) is 6.96. The van der Waals surface area contributed by atoms with Gasteiger partial charge in [0.25, 0.3) is 0 Å². The molecule has 0 aliphatic heterocycles. The van der Waals surface area contributed by atoms with Crippen molar-refractivity contribution in [3.8, 4) is 0 Å². The lowest BCUT2D eigenvalue weighted by Crippen LogP contribution is -2.46. The number of hydrogen-bond donors (Lipinski definition) is 1. The molecule has 2 heteroatoms. The molecule has 1 aromatic heterocycles. The highest BCUT2D eigenvalue weighted by Crippen LogP contribution is 2.29. The highest BCUT2D eigenvalue weighted by atomic mass is 16.3. The molecule has 1 heterocycles. The van der Waals surface area contributed by atoms with Crippen molar-refractivity contribution in [1.29, 1.82) is 0 Å². The Hall–Kier alpha value is -1.54. The number of furan rings is 1. The topological polar surface area (TPSA) is 25.2 Å². The quantitative estimate of drug-likeness (QED) is 0.852. The third kappa shape index (κ3) is 3.27. The van der Waals surface area contributed by atoms with Crippen molar-refractivity contribution in [2.24, 2.45) is 0 Å². The first-order valence-electron chi connectivity index (χ1n) is 6.96. The molecule has 0 saturated carbocycles. The van der Waals surface area contributed by atoms with E-state index in [0.717, 1.165) is 18.7 Å². The van der Waals surface area contributed by atoms with Crippen LogP contribution in [0.25, 0.3) is 0 Å². The molecule has 1 unspecified atom stereocenters. The fourth-order valence-corrected chi connectivity index (χ4v) is 2.53. The SMILES string of the molecule is CCNC(Cc1ccco1)C(C)(C)c1ccccc1.